The minimum atomic E-state index is -2.16. The fourth-order valence-electron chi connectivity index (χ4n) is 2.24. The molecular weight excluding hydrogens is 276 g/mol. The van der Waals surface area contributed by atoms with Crippen molar-refractivity contribution in [1.29, 1.82) is 0 Å². The molecule has 1 rings (SSSR count). The Hall–Kier alpha value is -1.59. The van der Waals surface area contributed by atoms with Gasteiger partial charge in [-0.2, -0.15) is 0 Å². The number of cyclic esters (lactones) is 2. The highest BCUT2D eigenvalue weighted by Crippen LogP contribution is 2.26. The second kappa shape index (κ2) is 8.00. The molecule has 0 saturated carbocycles. The van der Waals surface area contributed by atoms with Crippen molar-refractivity contribution >= 4 is 17.9 Å². The minimum absolute atomic E-state index is 0.00741. The molecule has 21 heavy (non-hydrogen) atoms. The second-order valence-electron chi connectivity index (χ2n) is 5.85. The van der Waals surface area contributed by atoms with Crippen LogP contribution >= 0.6 is 0 Å². The summed E-state index contributed by atoms with van der Waals surface area (Å²) in [6, 6.07) is 0. The van der Waals surface area contributed by atoms with E-state index in [4.69, 9.17) is 9.47 Å². The number of unbranched alkanes of at least 4 members (excludes halogenated alkanes) is 1. The molecule has 1 aliphatic heterocycles. The van der Waals surface area contributed by atoms with Crippen molar-refractivity contribution in [3.05, 3.63) is 0 Å². The fourth-order valence-corrected chi connectivity index (χ4v) is 2.24. The Bertz CT molecular complexity index is 368. The van der Waals surface area contributed by atoms with Crippen molar-refractivity contribution < 1.29 is 29.0 Å². The van der Waals surface area contributed by atoms with Crippen molar-refractivity contribution in [1.82, 2.24) is 0 Å². The average Bonchev–Trinajstić information content (AvgIpc) is 2.45. The van der Waals surface area contributed by atoms with E-state index in [1.165, 1.54) is 0 Å². The number of carboxylic acid groups (broad SMARTS) is 1. The first-order valence-electron chi connectivity index (χ1n) is 7.53. The molecule has 0 spiro atoms. The number of esters is 2. The molecule has 6 heteroatoms. The Labute approximate surface area is 124 Å². The first-order valence-corrected chi connectivity index (χ1v) is 7.53. The molecule has 1 fully saturated rings. The SMILES string of the molecule is CC(C)CCCCC1(C(=O)O)OC(=O)CCCCC(=O)O1. The van der Waals surface area contributed by atoms with E-state index in [0.717, 1.165) is 12.8 Å². The van der Waals surface area contributed by atoms with Crippen LogP contribution in [0.3, 0.4) is 0 Å². The Morgan fingerprint density at radius 2 is 1.67 bits per heavy atom. The molecular formula is C15H24O6. The Balaban J connectivity index is 2.78. The summed E-state index contributed by atoms with van der Waals surface area (Å²) in [5, 5.41) is 9.39. The van der Waals surface area contributed by atoms with Gasteiger partial charge in [0.1, 0.15) is 0 Å². The van der Waals surface area contributed by atoms with Gasteiger partial charge >= 0.3 is 23.7 Å². The highest BCUT2D eigenvalue weighted by atomic mass is 16.7. The molecule has 1 N–H and O–H groups in total. The number of carboxylic acids is 1. The van der Waals surface area contributed by atoms with Gasteiger partial charge in [0.15, 0.2) is 0 Å². The molecule has 1 aliphatic rings. The number of rotatable bonds is 6. The Morgan fingerprint density at radius 1 is 1.14 bits per heavy atom. The van der Waals surface area contributed by atoms with Crippen LogP contribution in [0.2, 0.25) is 0 Å². The predicted molar refractivity (Wildman–Crippen MR) is 74.3 cm³/mol. The summed E-state index contributed by atoms with van der Waals surface area (Å²) in [4.78, 5) is 34.9. The van der Waals surface area contributed by atoms with Gasteiger partial charge in [0.05, 0.1) is 0 Å². The lowest BCUT2D eigenvalue weighted by Crippen LogP contribution is -2.47. The number of hydrogen-bond acceptors (Lipinski definition) is 5. The van der Waals surface area contributed by atoms with Crippen molar-refractivity contribution in [2.75, 3.05) is 0 Å². The zero-order chi connectivity index (χ0) is 15.9. The molecule has 0 aromatic heterocycles. The number of carbonyl (C=O) groups excluding carboxylic acids is 2. The lowest BCUT2D eigenvalue weighted by Gasteiger charge is -2.28. The molecule has 0 radical (unpaired) electrons. The maximum atomic E-state index is 11.7. The average molecular weight is 300 g/mol. The summed E-state index contributed by atoms with van der Waals surface area (Å²) in [6.45, 7) is 4.15. The molecule has 0 aromatic rings. The van der Waals surface area contributed by atoms with Crippen molar-refractivity contribution in [3.63, 3.8) is 0 Å². The van der Waals surface area contributed by atoms with Gasteiger partial charge in [-0.05, 0) is 25.2 Å². The molecule has 1 saturated heterocycles. The Kier molecular flexibility index (Phi) is 6.65. The summed E-state index contributed by atoms with van der Waals surface area (Å²) in [5.41, 5.74) is 0. The van der Waals surface area contributed by atoms with E-state index in [2.05, 4.69) is 13.8 Å². The highest BCUT2D eigenvalue weighted by molar-refractivity contribution is 5.84. The lowest BCUT2D eigenvalue weighted by molar-refractivity contribution is -0.238. The fraction of sp³-hybridized carbons (Fsp3) is 0.800. The quantitative estimate of drug-likeness (QED) is 0.599. The largest absolute Gasteiger partial charge is 0.475 e. The molecule has 120 valence electrons. The van der Waals surface area contributed by atoms with Gasteiger partial charge in [-0.3, -0.25) is 9.59 Å². The van der Waals surface area contributed by atoms with Crippen LogP contribution in [-0.2, 0) is 23.9 Å². The molecule has 0 atom stereocenters. The van der Waals surface area contributed by atoms with Crippen LogP contribution in [0.1, 0.15) is 65.2 Å². The molecule has 0 aromatic carbocycles. The van der Waals surface area contributed by atoms with Gasteiger partial charge in [0.25, 0.3) is 0 Å². The number of ether oxygens (including phenoxy) is 2. The first-order chi connectivity index (χ1) is 9.85. The molecule has 0 bridgehead atoms. The number of aliphatic carboxylic acids is 1. The summed E-state index contributed by atoms with van der Waals surface area (Å²) < 4.78 is 10.0. The standard InChI is InChI=1S/C15H24O6/c1-11(2)7-5-6-10-15(14(18)19)20-12(16)8-3-4-9-13(17)21-15/h11H,3-10H2,1-2H3,(H,18,19). The maximum absolute atomic E-state index is 11.7. The zero-order valence-electron chi connectivity index (χ0n) is 12.7. The van der Waals surface area contributed by atoms with Gasteiger partial charge in [0, 0.05) is 19.3 Å². The molecule has 6 nitrogen and oxygen atoms in total. The topological polar surface area (TPSA) is 89.9 Å². The first kappa shape index (κ1) is 17.5. The highest BCUT2D eigenvalue weighted by Gasteiger charge is 2.46. The minimum Gasteiger partial charge on any atom is -0.475 e. The van der Waals surface area contributed by atoms with E-state index in [-0.39, 0.29) is 19.3 Å². The van der Waals surface area contributed by atoms with Crippen molar-refractivity contribution in [2.24, 2.45) is 5.92 Å². The molecule has 1 heterocycles. The smallest absolute Gasteiger partial charge is 0.390 e. The monoisotopic (exact) mass is 300 g/mol. The zero-order valence-corrected chi connectivity index (χ0v) is 12.7. The van der Waals surface area contributed by atoms with Crippen LogP contribution in [0.25, 0.3) is 0 Å². The predicted octanol–water partition coefficient (Wildman–Crippen LogP) is 2.64. The van der Waals surface area contributed by atoms with E-state index < -0.39 is 23.7 Å². The van der Waals surface area contributed by atoms with Crippen LogP contribution in [-0.4, -0.2) is 28.8 Å². The summed E-state index contributed by atoms with van der Waals surface area (Å²) in [6.07, 6.45) is 3.46. The Morgan fingerprint density at radius 3 is 2.10 bits per heavy atom. The van der Waals surface area contributed by atoms with E-state index in [1.807, 2.05) is 0 Å². The second-order valence-corrected chi connectivity index (χ2v) is 5.85. The number of carbonyl (C=O) groups is 3. The molecule has 0 amide bonds. The maximum Gasteiger partial charge on any atom is 0.390 e. The van der Waals surface area contributed by atoms with E-state index in [1.54, 1.807) is 0 Å². The van der Waals surface area contributed by atoms with Crippen LogP contribution < -0.4 is 0 Å². The summed E-state index contributed by atoms with van der Waals surface area (Å²) >= 11 is 0. The van der Waals surface area contributed by atoms with Gasteiger partial charge in [0.2, 0.25) is 0 Å². The van der Waals surface area contributed by atoms with Gasteiger partial charge in [-0.1, -0.05) is 26.7 Å². The van der Waals surface area contributed by atoms with Crippen LogP contribution in [0, 0.1) is 5.92 Å². The van der Waals surface area contributed by atoms with E-state index >= 15 is 0 Å². The molecule has 0 unspecified atom stereocenters. The van der Waals surface area contributed by atoms with Crippen molar-refractivity contribution in [2.45, 2.75) is 71.0 Å². The van der Waals surface area contributed by atoms with Gasteiger partial charge in [-0.25, -0.2) is 4.79 Å². The van der Waals surface area contributed by atoms with Crippen LogP contribution in [0.5, 0.6) is 0 Å². The van der Waals surface area contributed by atoms with Gasteiger partial charge in [-0.15, -0.1) is 0 Å². The number of hydrogen-bond donors (Lipinski definition) is 1. The third-order valence-electron chi connectivity index (χ3n) is 3.43. The van der Waals surface area contributed by atoms with Crippen molar-refractivity contribution in [3.8, 4) is 0 Å². The van der Waals surface area contributed by atoms with E-state index in [0.29, 0.717) is 25.2 Å². The third kappa shape index (κ3) is 5.73. The van der Waals surface area contributed by atoms with E-state index in [9.17, 15) is 19.5 Å². The summed E-state index contributed by atoms with van der Waals surface area (Å²) in [7, 11) is 0. The van der Waals surface area contributed by atoms with Gasteiger partial charge < -0.3 is 14.6 Å². The van der Waals surface area contributed by atoms with Crippen LogP contribution in [0.4, 0.5) is 0 Å². The lowest BCUT2D eigenvalue weighted by atomic mass is 10.0. The molecule has 0 aliphatic carbocycles. The normalized spacial score (nSPS) is 19.2. The summed E-state index contributed by atoms with van der Waals surface area (Å²) in [5.74, 6) is -4.32. The third-order valence-corrected chi connectivity index (χ3v) is 3.43. The van der Waals surface area contributed by atoms with Crippen LogP contribution in [0.15, 0.2) is 0 Å².